The van der Waals surface area contributed by atoms with E-state index in [9.17, 15) is 18.0 Å². The van der Waals surface area contributed by atoms with Crippen molar-refractivity contribution in [2.24, 2.45) is 0 Å². The molecule has 0 unspecified atom stereocenters. The summed E-state index contributed by atoms with van der Waals surface area (Å²) >= 11 is 2.75. The molecule has 0 radical (unpaired) electrons. The van der Waals surface area contributed by atoms with Gasteiger partial charge in [0.25, 0.3) is 0 Å². The van der Waals surface area contributed by atoms with Gasteiger partial charge in [0.1, 0.15) is 5.01 Å². The summed E-state index contributed by atoms with van der Waals surface area (Å²) in [5.74, 6) is -0.426. The molecule has 0 aliphatic rings. The fourth-order valence-corrected chi connectivity index (χ4v) is 3.40. The van der Waals surface area contributed by atoms with Crippen molar-refractivity contribution in [2.45, 2.75) is 6.18 Å². The molecule has 0 atom stereocenters. The molecular formula is C15H11F3N4OS2. The molecule has 5 nitrogen and oxygen atoms in total. The number of hydrogen-bond donors (Lipinski definition) is 2. The van der Waals surface area contributed by atoms with Crippen LogP contribution in [0.5, 0.6) is 0 Å². The van der Waals surface area contributed by atoms with Crippen LogP contribution in [0.3, 0.4) is 0 Å². The van der Waals surface area contributed by atoms with Gasteiger partial charge in [0.15, 0.2) is 0 Å². The maximum absolute atomic E-state index is 12.7. The molecule has 25 heavy (non-hydrogen) atoms. The zero-order valence-electron chi connectivity index (χ0n) is 12.5. The fourth-order valence-electron chi connectivity index (χ4n) is 1.93. The Morgan fingerprint density at radius 1 is 1.20 bits per heavy atom. The van der Waals surface area contributed by atoms with E-state index in [1.54, 1.807) is 0 Å². The number of thiophene rings is 1. The Bertz CT molecular complexity index is 862. The number of aromatic nitrogens is 2. The largest absolute Gasteiger partial charge is 0.416 e. The van der Waals surface area contributed by atoms with Crippen LogP contribution in [0.15, 0.2) is 41.1 Å². The fraction of sp³-hybridized carbons (Fsp3) is 0.133. The number of benzene rings is 1. The van der Waals surface area contributed by atoms with Crippen molar-refractivity contribution in [1.82, 2.24) is 10.2 Å². The number of amides is 1. The molecule has 0 bridgehead atoms. The molecule has 1 aromatic carbocycles. The summed E-state index contributed by atoms with van der Waals surface area (Å²) in [7, 11) is 0. The first-order valence-electron chi connectivity index (χ1n) is 6.99. The van der Waals surface area contributed by atoms with Gasteiger partial charge in [-0.3, -0.25) is 10.1 Å². The lowest BCUT2D eigenvalue weighted by atomic mass is 10.2. The Balaban J connectivity index is 1.57. The topological polar surface area (TPSA) is 66.9 Å². The van der Waals surface area contributed by atoms with Gasteiger partial charge >= 0.3 is 6.18 Å². The van der Waals surface area contributed by atoms with Gasteiger partial charge in [-0.15, -0.1) is 10.2 Å². The number of anilines is 2. The Hall–Kier alpha value is -2.46. The van der Waals surface area contributed by atoms with E-state index >= 15 is 0 Å². The number of rotatable bonds is 5. The normalized spacial score (nSPS) is 11.3. The molecule has 2 aromatic heterocycles. The van der Waals surface area contributed by atoms with Crippen molar-refractivity contribution >= 4 is 39.4 Å². The van der Waals surface area contributed by atoms with Crippen molar-refractivity contribution < 1.29 is 18.0 Å². The van der Waals surface area contributed by atoms with Crippen molar-refractivity contribution in [1.29, 1.82) is 0 Å². The molecule has 2 N–H and O–H groups in total. The number of nitrogens with one attached hydrogen (secondary N) is 2. The molecule has 0 aliphatic heterocycles. The van der Waals surface area contributed by atoms with Gasteiger partial charge < -0.3 is 5.32 Å². The van der Waals surface area contributed by atoms with E-state index in [2.05, 4.69) is 20.8 Å². The summed E-state index contributed by atoms with van der Waals surface area (Å²) in [5.41, 5.74) is 0.355. The molecule has 1 amide bonds. The van der Waals surface area contributed by atoms with Gasteiger partial charge in [-0.25, -0.2) is 0 Å². The number of carbonyl (C=O) groups is 1. The quantitative estimate of drug-likeness (QED) is 0.687. The molecule has 130 valence electrons. The summed E-state index contributed by atoms with van der Waals surface area (Å²) in [5, 5.41) is 17.9. The Kier molecular flexibility index (Phi) is 5.00. The van der Waals surface area contributed by atoms with Crippen molar-refractivity contribution in [2.75, 3.05) is 17.2 Å². The van der Waals surface area contributed by atoms with Gasteiger partial charge in [-0.2, -0.15) is 24.5 Å². The van der Waals surface area contributed by atoms with Crippen LogP contribution in [0.1, 0.15) is 5.56 Å². The van der Waals surface area contributed by atoms with Crippen LogP contribution in [0.25, 0.3) is 10.6 Å². The van der Waals surface area contributed by atoms with Gasteiger partial charge in [-0.05, 0) is 29.6 Å². The predicted molar refractivity (Wildman–Crippen MR) is 91.8 cm³/mol. The minimum Gasteiger partial charge on any atom is -0.376 e. The first-order valence-corrected chi connectivity index (χ1v) is 8.75. The number of hydrogen-bond acceptors (Lipinski definition) is 6. The summed E-state index contributed by atoms with van der Waals surface area (Å²) in [4.78, 5) is 11.9. The van der Waals surface area contributed by atoms with Gasteiger partial charge in [0, 0.05) is 16.6 Å². The van der Waals surface area contributed by atoms with Crippen molar-refractivity contribution in [3.05, 3.63) is 46.7 Å². The minimum atomic E-state index is -4.43. The maximum atomic E-state index is 12.7. The third-order valence-electron chi connectivity index (χ3n) is 3.08. The smallest absolute Gasteiger partial charge is 0.376 e. The maximum Gasteiger partial charge on any atom is 0.416 e. The molecule has 2 heterocycles. The Labute approximate surface area is 148 Å². The molecule has 0 spiro atoms. The van der Waals surface area contributed by atoms with E-state index in [1.807, 2.05) is 16.8 Å². The second-order valence-electron chi connectivity index (χ2n) is 4.90. The number of alkyl halides is 3. The molecule has 0 saturated heterocycles. The van der Waals surface area contributed by atoms with Crippen molar-refractivity contribution in [3.8, 4) is 10.6 Å². The zero-order chi connectivity index (χ0) is 17.9. The summed E-state index contributed by atoms with van der Waals surface area (Å²) < 4.78 is 38.0. The van der Waals surface area contributed by atoms with E-state index in [-0.39, 0.29) is 12.2 Å². The standard InChI is InChI=1S/C15H11F3N4OS2/c16-15(17,18)10-2-1-3-11(6-10)19-7-12(23)20-14-22-21-13(25-14)9-4-5-24-8-9/h1-6,8,19H,7H2,(H,20,22,23). The van der Waals surface area contributed by atoms with E-state index < -0.39 is 17.6 Å². The lowest BCUT2D eigenvalue weighted by Crippen LogP contribution is -2.21. The highest BCUT2D eigenvalue weighted by Crippen LogP contribution is 2.30. The van der Waals surface area contributed by atoms with Crippen molar-refractivity contribution in [3.63, 3.8) is 0 Å². The highest BCUT2D eigenvalue weighted by molar-refractivity contribution is 7.19. The SMILES string of the molecule is O=C(CNc1cccc(C(F)(F)F)c1)Nc1nnc(-c2ccsc2)s1. The monoisotopic (exact) mass is 384 g/mol. The van der Waals surface area contributed by atoms with Crippen LogP contribution in [-0.4, -0.2) is 22.6 Å². The lowest BCUT2D eigenvalue weighted by Gasteiger charge is -2.10. The average molecular weight is 384 g/mol. The van der Waals surface area contributed by atoms with E-state index in [4.69, 9.17) is 0 Å². The third kappa shape index (κ3) is 4.54. The van der Waals surface area contributed by atoms with Gasteiger partial charge in [0.2, 0.25) is 11.0 Å². The minimum absolute atomic E-state index is 0.186. The van der Waals surface area contributed by atoms with Crippen LogP contribution in [0, 0.1) is 0 Å². The summed E-state index contributed by atoms with van der Waals surface area (Å²) in [6, 6.07) is 6.56. The van der Waals surface area contributed by atoms with Crippen LogP contribution in [0.2, 0.25) is 0 Å². The second kappa shape index (κ2) is 7.19. The zero-order valence-corrected chi connectivity index (χ0v) is 14.1. The predicted octanol–water partition coefficient (Wildman–Crippen LogP) is 4.34. The summed E-state index contributed by atoms with van der Waals surface area (Å²) in [6.45, 7) is -0.186. The van der Waals surface area contributed by atoms with Crippen LogP contribution >= 0.6 is 22.7 Å². The molecular weight excluding hydrogens is 373 g/mol. The molecule has 0 fully saturated rings. The second-order valence-corrected chi connectivity index (χ2v) is 6.66. The Morgan fingerprint density at radius 2 is 2.04 bits per heavy atom. The van der Waals surface area contributed by atoms with Crippen LogP contribution < -0.4 is 10.6 Å². The van der Waals surface area contributed by atoms with E-state index in [1.165, 1.54) is 34.8 Å². The molecule has 0 saturated carbocycles. The van der Waals surface area contributed by atoms with Crippen LogP contribution in [-0.2, 0) is 11.0 Å². The van der Waals surface area contributed by atoms with E-state index in [0.717, 1.165) is 17.7 Å². The molecule has 0 aliphatic carbocycles. The number of halogens is 3. The molecule has 10 heteroatoms. The van der Waals surface area contributed by atoms with Gasteiger partial charge in [-0.1, -0.05) is 17.4 Å². The van der Waals surface area contributed by atoms with Gasteiger partial charge in [0.05, 0.1) is 12.1 Å². The first kappa shape index (κ1) is 17.4. The number of nitrogens with zero attached hydrogens (tertiary/aromatic N) is 2. The number of carbonyl (C=O) groups excluding carboxylic acids is 1. The van der Waals surface area contributed by atoms with Crippen LogP contribution in [0.4, 0.5) is 24.0 Å². The highest BCUT2D eigenvalue weighted by atomic mass is 32.1. The third-order valence-corrected chi connectivity index (χ3v) is 4.65. The average Bonchev–Trinajstić information content (AvgIpc) is 3.23. The molecule has 3 aromatic rings. The molecule has 3 rings (SSSR count). The highest BCUT2D eigenvalue weighted by Gasteiger charge is 2.30. The summed E-state index contributed by atoms with van der Waals surface area (Å²) in [6.07, 6.45) is -4.43. The van der Waals surface area contributed by atoms with E-state index in [0.29, 0.717) is 10.1 Å². The first-order chi connectivity index (χ1) is 11.9. The lowest BCUT2D eigenvalue weighted by molar-refractivity contribution is -0.137. The Morgan fingerprint density at radius 3 is 2.76 bits per heavy atom.